The van der Waals surface area contributed by atoms with Gasteiger partial charge in [-0.2, -0.15) is 0 Å². The Morgan fingerprint density at radius 1 is 0.756 bits per heavy atom. The minimum absolute atomic E-state index is 0.0552. The molecular weight excluding hydrogens is 584 g/mol. The van der Waals surface area contributed by atoms with Crippen molar-refractivity contribution >= 4 is 24.3 Å². The summed E-state index contributed by atoms with van der Waals surface area (Å²) in [5.41, 5.74) is -1.33. The molecule has 252 valence electrons. The Bertz CT molecular complexity index is 1190. The van der Waals surface area contributed by atoms with Gasteiger partial charge in [-0.1, -0.05) is 12.1 Å². The summed E-state index contributed by atoms with van der Waals surface area (Å²) < 4.78 is 33.4. The van der Waals surface area contributed by atoms with E-state index in [1.165, 1.54) is 4.90 Å². The number of amides is 2. The van der Waals surface area contributed by atoms with Crippen molar-refractivity contribution in [2.24, 2.45) is 5.92 Å². The number of esters is 1. The maximum absolute atomic E-state index is 13.4. The van der Waals surface area contributed by atoms with Crippen LogP contribution in [0.25, 0.3) is 0 Å². The summed E-state index contributed by atoms with van der Waals surface area (Å²) in [6.07, 6.45) is -3.02. The maximum atomic E-state index is 13.4. The average molecular weight is 635 g/mol. The molecule has 0 saturated carbocycles. The molecule has 12 nitrogen and oxygen atoms in total. The quantitative estimate of drug-likeness (QED) is 0.258. The van der Waals surface area contributed by atoms with Crippen LogP contribution < -0.4 is 4.74 Å². The second-order valence-electron chi connectivity index (χ2n) is 14.6. The predicted molar refractivity (Wildman–Crippen MR) is 165 cm³/mol. The van der Waals surface area contributed by atoms with Crippen molar-refractivity contribution in [3.63, 3.8) is 0 Å². The van der Waals surface area contributed by atoms with E-state index in [0.717, 1.165) is 5.56 Å². The van der Waals surface area contributed by atoms with Crippen molar-refractivity contribution in [1.29, 1.82) is 0 Å². The lowest BCUT2D eigenvalue weighted by Gasteiger charge is -2.39. The number of likely N-dealkylation sites (tertiary alicyclic amines) is 2. The Hall–Kier alpha value is -3.70. The third kappa shape index (κ3) is 11.3. The molecule has 2 saturated heterocycles. The fourth-order valence-corrected chi connectivity index (χ4v) is 5.04. The zero-order chi connectivity index (χ0) is 33.7. The largest absolute Gasteiger partial charge is 0.509 e. The lowest BCUT2D eigenvalue weighted by atomic mass is 9.95. The van der Waals surface area contributed by atoms with Gasteiger partial charge in [0, 0.05) is 19.5 Å². The first kappa shape index (κ1) is 35.8. The molecule has 0 unspecified atom stereocenters. The van der Waals surface area contributed by atoms with Crippen LogP contribution in [0.3, 0.4) is 0 Å². The highest BCUT2D eigenvalue weighted by Crippen LogP contribution is 2.31. The predicted octanol–water partition coefficient (Wildman–Crippen LogP) is 5.74. The fraction of sp³-hybridized carbons (Fsp3) is 0.697. The normalized spacial score (nSPS) is 20.6. The van der Waals surface area contributed by atoms with Gasteiger partial charge < -0.3 is 33.3 Å². The first-order valence-electron chi connectivity index (χ1n) is 15.4. The summed E-state index contributed by atoms with van der Waals surface area (Å²) in [5.74, 6) is 0.291. The van der Waals surface area contributed by atoms with Crippen LogP contribution in [0.1, 0.15) is 80.7 Å². The molecule has 3 atom stereocenters. The van der Waals surface area contributed by atoms with Gasteiger partial charge in [-0.05, 0) is 98.8 Å². The van der Waals surface area contributed by atoms with E-state index in [1.54, 1.807) is 65.7 Å². The average Bonchev–Trinajstić information content (AvgIpc) is 3.16. The Morgan fingerprint density at radius 2 is 1.31 bits per heavy atom. The van der Waals surface area contributed by atoms with Crippen LogP contribution in [0.15, 0.2) is 24.3 Å². The van der Waals surface area contributed by atoms with E-state index in [1.807, 2.05) is 32.9 Å². The highest BCUT2D eigenvalue weighted by Gasteiger charge is 2.50. The van der Waals surface area contributed by atoms with E-state index in [0.29, 0.717) is 31.7 Å². The van der Waals surface area contributed by atoms with Gasteiger partial charge in [-0.3, -0.25) is 9.69 Å². The maximum Gasteiger partial charge on any atom is 0.509 e. The third-order valence-corrected chi connectivity index (χ3v) is 7.02. The summed E-state index contributed by atoms with van der Waals surface area (Å²) >= 11 is 0. The number of carbonyl (C=O) groups excluding carboxylic acids is 4. The number of ether oxygens (including phenoxy) is 6. The third-order valence-electron chi connectivity index (χ3n) is 7.02. The molecule has 0 aliphatic carbocycles. The van der Waals surface area contributed by atoms with Gasteiger partial charge in [0.25, 0.3) is 0 Å². The van der Waals surface area contributed by atoms with Crippen LogP contribution in [0.5, 0.6) is 5.75 Å². The number of hydrogen-bond acceptors (Lipinski definition) is 10. The molecule has 0 aromatic heterocycles. The highest BCUT2D eigenvalue weighted by molar-refractivity contribution is 5.72. The molecule has 0 bridgehead atoms. The molecule has 1 aromatic carbocycles. The molecule has 2 amide bonds. The summed E-state index contributed by atoms with van der Waals surface area (Å²) in [6.45, 7) is 16.8. The lowest BCUT2D eigenvalue weighted by Crippen LogP contribution is -2.51. The van der Waals surface area contributed by atoms with Gasteiger partial charge in [0.15, 0.2) is 12.2 Å². The summed E-state index contributed by atoms with van der Waals surface area (Å²) in [5, 5.41) is 0. The molecule has 12 heteroatoms. The molecule has 2 heterocycles. The first-order chi connectivity index (χ1) is 20.7. The van der Waals surface area contributed by atoms with E-state index >= 15 is 0 Å². The smallest absolute Gasteiger partial charge is 0.497 e. The zero-order valence-corrected chi connectivity index (χ0v) is 28.3. The van der Waals surface area contributed by atoms with Crippen molar-refractivity contribution in [2.75, 3.05) is 26.7 Å². The second-order valence-corrected chi connectivity index (χ2v) is 14.6. The van der Waals surface area contributed by atoms with Gasteiger partial charge >= 0.3 is 24.3 Å². The summed E-state index contributed by atoms with van der Waals surface area (Å²) in [7, 11) is 1.57. The van der Waals surface area contributed by atoms with Crippen LogP contribution in [0.4, 0.5) is 14.4 Å². The number of carbonyl (C=O) groups is 4. The molecule has 45 heavy (non-hydrogen) atoms. The van der Waals surface area contributed by atoms with E-state index in [-0.39, 0.29) is 25.0 Å². The standard InChI is InChI=1S/C33H50N2O10/c1-31(2,3)43-28(37)34-18-22(19-34)13-16-26(36)42-27-24(17-21-11-14-23(40-10)15-12-21)35(29(38)44-32(4,5)6)20-25(27)41-30(39)45-33(7,8)9/h11-12,14-15,22,24-25,27H,13,16-20H2,1-10H3/t24-,25+,27+/m1/s1. The molecule has 0 spiro atoms. The van der Waals surface area contributed by atoms with E-state index in [9.17, 15) is 19.2 Å². The number of nitrogens with zero attached hydrogens (tertiary/aromatic N) is 2. The summed E-state index contributed by atoms with van der Waals surface area (Å²) in [6, 6.07) is 6.63. The van der Waals surface area contributed by atoms with Crippen molar-refractivity contribution < 1.29 is 47.6 Å². The van der Waals surface area contributed by atoms with Crippen LogP contribution >= 0.6 is 0 Å². The molecular formula is C33H50N2O10. The second kappa shape index (κ2) is 14.2. The number of benzene rings is 1. The van der Waals surface area contributed by atoms with Crippen LogP contribution in [0.2, 0.25) is 0 Å². The lowest BCUT2D eigenvalue weighted by molar-refractivity contribution is -0.156. The minimum atomic E-state index is -0.995. The molecule has 1 aromatic rings. The molecule has 0 radical (unpaired) electrons. The Labute approximate surface area is 266 Å². The highest BCUT2D eigenvalue weighted by atomic mass is 16.7. The van der Waals surface area contributed by atoms with Crippen molar-refractivity contribution in [3.8, 4) is 5.75 Å². The SMILES string of the molecule is COc1ccc(C[C@@H]2[C@H](OC(=O)CCC3CN(C(=O)OC(C)(C)C)C3)[C@@H](OC(=O)OC(C)(C)C)CN2C(=O)OC(C)(C)C)cc1. The Balaban J connectivity index is 1.77. The molecule has 0 N–H and O–H groups in total. The van der Waals surface area contributed by atoms with E-state index in [4.69, 9.17) is 28.4 Å². The summed E-state index contributed by atoms with van der Waals surface area (Å²) in [4.78, 5) is 54.7. The van der Waals surface area contributed by atoms with Crippen LogP contribution in [0, 0.1) is 5.92 Å². The number of rotatable bonds is 8. The topological polar surface area (TPSA) is 130 Å². The Kier molecular flexibility index (Phi) is 11.3. The van der Waals surface area contributed by atoms with Crippen molar-refractivity contribution in [1.82, 2.24) is 9.80 Å². The van der Waals surface area contributed by atoms with Gasteiger partial charge in [-0.15, -0.1) is 0 Å². The molecule has 2 fully saturated rings. The minimum Gasteiger partial charge on any atom is -0.497 e. The monoisotopic (exact) mass is 634 g/mol. The fourth-order valence-electron chi connectivity index (χ4n) is 5.04. The number of methoxy groups -OCH3 is 1. The van der Waals surface area contributed by atoms with Crippen LogP contribution in [-0.2, 0) is 34.9 Å². The van der Waals surface area contributed by atoms with Crippen molar-refractivity contribution in [3.05, 3.63) is 29.8 Å². The Morgan fingerprint density at radius 3 is 1.84 bits per heavy atom. The first-order valence-corrected chi connectivity index (χ1v) is 15.4. The molecule has 2 aliphatic heterocycles. The van der Waals surface area contributed by atoms with Gasteiger partial charge in [0.2, 0.25) is 0 Å². The number of hydrogen-bond donors (Lipinski definition) is 0. The van der Waals surface area contributed by atoms with Gasteiger partial charge in [0.1, 0.15) is 22.6 Å². The molecule has 2 aliphatic rings. The molecule has 3 rings (SSSR count). The zero-order valence-electron chi connectivity index (χ0n) is 28.3. The van der Waals surface area contributed by atoms with Gasteiger partial charge in [-0.25, -0.2) is 14.4 Å². The van der Waals surface area contributed by atoms with Crippen LogP contribution in [-0.4, -0.2) is 95.9 Å². The van der Waals surface area contributed by atoms with Gasteiger partial charge in [0.05, 0.1) is 19.7 Å². The van der Waals surface area contributed by atoms with E-state index < -0.39 is 53.3 Å². The van der Waals surface area contributed by atoms with Crippen molar-refractivity contribution in [2.45, 2.75) is 117 Å². The van der Waals surface area contributed by atoms with E-state index in [2.05, 4.69) is 0 Å².